The molecule has 2 aliphatic heterocycles. The molecule has 0 aromatic rings. The van der Waals surface area contributed by atoms with Crippen molar-refractivity contribution in [1.82, 2.24) is 25.8 Å². The van der Waals surface area contributed by atoms with Crippen molar-refractivity contribution in [2.24, 2.45) is 0 Å². The summed E-state index contributed by atoms with van der Waals surface area (Å²) in [7, 11) is 1.47. The first-order valence-corrected chi connectivity index (χ1v) is 11.3. The Morgan fingerprint density at radius 1 is 1.07 bits per heavy atom. The smallest absolute Gasteiger partial charge is 0.315 e. The zero-order chi connectivity index (χ0) is 21.7. The van der Waals surface area contributed by atoms with E-state index in [0.717, 1.165) is 25.8 Å². The van der Waals surface area contributed by atoms with E-state index in [-0.39, 0.29) is 42.6 Å². The van der Waals surface area contributed by atoms with Crippen LogP contribution in [0.15, 0.2) is 0 Å². The van der Waals surface area contributed by atoms with Gasteiger partial charge in [0.15, 0.2) is 0 Å². The molecule has 30 heavy (non-hydrogen) atoms. The van der Waals surface area contributed by atoms with E-state index in [4.69, 9.17) is 4.74 Å². The van der Waals surface area contributed by atoms with E-state index in [9.17, 15) is 14.4 Å². The number of urea groups is 1. The maximum atomic E-state index is 13.3. The Kier molecular flexibility index (Phi) is 7.93. The van der Waals surface area contributed by atoms with E-state index in [2.05, 4.69) is 20.9 Å². The Bertz CT molecular complexity index is 623. The highest BCUT2D eigenvalue weighted by atomic mass is 16.5. The highest BCUT2D eigenvalue weighted by Crippen LogP contribution is 2.28. The number of hydrogen-bond donors (Lipinski definition) is 3. The minimum Gasteiger partial charge on any atom is -0.375 e. The van der Waals surface area contributed by atoms with Gasteiger partial charge in [0.05, 0.1) is 6.04 Å². The average Bonchev–Trinajstić information content (AvgIpc) is 3.03. The van der Waals surface area contributed by atoms with Crippen molar-refractivity contribution >= 4 is 17.8 Å². The molecule has 0 bridgehead atoms. The van der Waals surface area contributed by atoms with Gasteiger partial charge in [0, 0.05) is 44.9 Å². The highest BCUT2D eigenvalue weighted by Gasteiger charge is 2.44. The Hall–Kier alpha value is -1.87. The summed E-state index contributed by atoms with van der Waals surface area (Å²) in [6.07, 6.45) is 6.70. The maximum Gasteiger partial charge on any atom is 0.315 e. The summed E-state index contributed by atoms with van der Waals surface area (Å²) in [6, 6.07) is -0.310. The molecule has 0 spiro atoms. The number of methoxy groups -OCH3 is 1. The predicted octanol–water partition coefficient (Wildman–Crippen LogP) is 0.443. The van der Waals surface area contributed by atoms with Crippen LogP contribution in [0, 0.1) is 0 Å². The van der Waals surface area contributed by atoms with E-state index in [1.807, 2.05) is 18.7 Å². The Morgan fingerprint density at radius 3 is 2.47 bits per heavy atom. The molecule has 170 valence electrons. The van der Waals surface area contributed by atoms with Crippen LogP contribution in [0.25, 0.3) is 0 Å². The van der Waals surface area contributed by atoms with Crippen molar-refractivity contribution in [3.05, 3.63) is 0 Å². The van der Waals surface area contributed by atoms with Gasteiger partial charge in [0.1, 0.15) is 12.6 Å². The normalized spacial score (nSPS) is 28.2. The molecule has 4 amide bonds. The summed E-state index contributed by atoms with van der Waals surface area (Å²) in [5.74, 6) is -0.334. The summed E-state index contributed by atoms with van der Waals surface area (Å²) in [6.45, 7) is 5.58. The molecule has 1 aliphatic carbocycles. The van der Waals surface area contributed by atoms with Crippen LogP contribution in [0.2, 0.25) is 0 Å². The van der Waals surface area contributed by atoms with Crippen LogP contribution < -0.4 is 16.0 Å². The molecule has 9 heteroatoms. The molecule has 3 aliphatic rings. The second kappa shape index (κ2) is 10.4. The molecule has 0 unspecified atom stereocenters. The Morgan fingerprint density at radius 2 is 1.80 bits per heavy atom. The quantitative estimate of drug-likeness (QED) is 0.575. The number of hydrogen-bond acceptors (Lipinski definition) is 5. The average molecular weight is 424 g/mol. The number of fused-ring (bicyclic) bond motifs is 1. The first kappa shape index (κ1) is 22.8. The Balaban J connectivity index is 1.72. The van der Waals surface area contributed by atoms with Crippen LogP contribution in [-0.4, -0.2) is 91.2 Å². The molecule has 9 nitrogen and oxygen atoms in total. The lowest BCUT2D eigenvalue weighted by molar-refractivity contribution is -0.137. The Labute approximate surface area is 179 Å². The van der Waals surface area contributed by atoms with Crippen molar-refractivity contribution in [2.45, 2.75) is 82.6 Å². The first-order chi connectivity index (χ1) is 14.4. The van der Waals surface area contributed by atoms with Gasteiger partial charge >= 0.3 is 6.03 Å². The monoisotopic (exact) mass is 423 g/mol. The fraction of sp³-hybridized carbons (Fsp3) is 0.857. The van der Waals surface area contributed by atoms with Crippen LogP contribution in [0.5, 0.6) is 0 Å². The summed E-state index contributed by atoms with van der Waals surface area (Å²) in [5.41, 5.74) is 0. The van der Waals surface area contributed by atoms with E-state index in [0.29, 0.717) is 19.1 Å². The zero-order valence-corrected chi connectivity index (χ0v) is 18.5. The lowest BCUT2D eigenvalue weighted by atomic mass is 9.93. The molecule has 2 heterocycles. The molecule has 0 radical (unpaired) electrons. The lowest BCUT2D eigenvalue weighted by Gasteiger charge is -2.35. The second-order valence-electron chi connectivity index (χ2n) is 9.15. The maximum absolute atomic E-state index is 13.3. The molecule has 3 atom stereocenters. The fourth-order valence-corrected chi connectivity index (χ4v) is 5.03. The van der Waals surface area contributed by atoms with Gasteiger partial charge in [0.25, 0.3) is 0 Å². The molecule has 1 saturated carbocycles. The molecule has 0 aromatic carbocycles. The topological polar surface area (TPSA) is 103 Å². The van der Waals surface area contributed by atoms with Crippen molar-refractivity contribution in [1.29, 1.82) is 0 Å². The third-order valence-electron chi connectivity index (χ3n) is 6.31. The molecule has 3 fully saturated rings. The number of carbonyl (C=O) groups excluding carboxylic acids is 3. The van der Waals surface area contributed by atoms with Gasteiger partial charge in [-0.2, -0.15) is 0 Å². The van der Waals surface area contributed by atoms with E-state index >= 15 is 0 Å². The third kappa shape index (κ3) is 5.85. The van der Waals surface area contributed by atoms with Gasteiger partial charge in [-0.3, -0.25) is 14.5 Å². The SMILES string of the molecule is COCC(=O)N[C@H]1CN(C2CCCCC2)C[C@@H]2C[C@H](NC(=O)NC(C)C)CN2C1=O. The minimum absolute atomic E-state index is 0.0492. The van der Waals surface area contributed by atoms with Crippen molar-refractivity contribution in [3.8, 4) is 0 Å². The van der Waals surface area contributed by atoms with Crippen LogP contribution in [0.4, 0.5) is 4.79 Å². The van der Waals surface area contributed by atoms with Crippen molar-refractivity contribution in [2.75, 3.05) is 33.4 Å². The van der Waals surface area contributed by atoms with Crippen LogP contribution in [0.3, 0.4) is 0 Å². The molecular weight excluding hydrogens is 386 g/mol. The summed E-state index contributed by atoms with van der Waals surface area (Å²) < 4.78 is 4.93. The minimum atomic E-state index is -0.581. The van der Waals surface area contributed by atoms with Gasteiger partial charge < -0.3 is 25.6 Å². The molecule has 0 aromatic heterocycles. The number of rotatable bonds is 6. The van der Waals surface area contributed by atoms with Crippen LogP contribution in [0.1, 0.15) is 52.4 Å². The van der Waals surface area contributed by atoms with Crippen molar-refractivity contribution in [3.63, 3.8) is 0 Å². The highest BCUT2D eigenvalue weighted by molar-refractivity contribution is 5.89. The number of carbonyl (C=O) groups is 3. The summed E-state index contributed by atoms with van der Waals surface area (Å²) in [5, 5.41) is 8.73. The zero-order valence-electron chi connectivity index (χ0n) is 18.5. The van der Waals surface area contributed by atoms with Crippen molar-refractivity contribution < 1.29 is 19.1 Å². The molecule has 2 saturated heterocycles. The van der Waals surface area contributed by atoms with Gasteiger partial charge in [-0.15, -0.1) is 0 Å². The first-order valence-electron chi connectivity index (χ1n) is 11.3. The van der Waals surface area contributed by atoms with Gasteiger partial charge in [-0.1, -0.05) is 19.3 Å². The lowest BCUT2D eigenvalue weighted by Crippen LogP contribution is -2.53. The van der Waals surface area contributed by atoms with Crippen LogP contribution in [-0.2, 0) is 14.3 Å². The molecule has 3 rings (SSSR count). The fourth-order valence-electron chi connectivity index (χ4n) is 5.03. The summed E-state index contributed by atoms with van der Waals surface area (Å²) >= 11 is 0. The predicted molar refractivity (Wildman–Crippen MR) is 113 cm³/mol. The van der Waals surface area contributed by atoms with E-state index < -0.39 is 6.04 Å². The van der Waals surface area contributed by atoms with Gasteiger partial charge in [0.2, 0.25) is 11.8 Å². The number of nitrogens with one attached hydrogen (secondary N) is 3. The van der Waals surface area contributed by atoms with Crippen LogP contribution >= 0.6 is 0 Å². The van der Waals surface area contributed by atoms with Gasteiger partial charge in [-0.05, 0) is 33.1 Å². The number of ether oxygens (including phenoxy) is 1. The summed E-state index contributed by atoms with van der Waals surface area (Å²) in [4.78, 5) is 41.9. The molecule has 3 N–H and O–H groups in total. The largest absolute Gasteiger partial charge is 0.375 e. The van der Waals surface area contributed by atoms with E-state index in [1.165, 1.54) is 26.4 Å². The standard InChI is InChI=1S/C21H37N5O4/c1-14(2)22-21(29)23-15-9-17-11-25(16-7-5-4-6-8-16)12-18(20(28)26(17)10-15)24-19(27)13-30-3/h14-18H,4-13H2,1-3H3,(H,24,27)(H2,22,23,29)/t15-,17-,18-/m0/s1. The van der Waals surface area contributed by atoms with E-state index in [1.54, 1.807) is 0 Å². The number of nitrogens with zero attached hydrogens (tertiary/aromatic N) is 2. The van der Waals surface area contributed by atoms with Gasteiger partial charge in [-0.25, -0.2) is 4.79 Å². The third-order valence-corrected chi connectivity index (χ3v) is 6.31. The number of amides is 4. The second-order valence-corrected chi connectivity index (χ2v) is 9.15. The molecular formula is C21H37N5O4.